The molecule has 0 saturated carbocycles. The van der Waals surface area contributed by atoms with Crippen molar-refractivity contribution in [1.29, 1.82) is 0 Å². The Labute approximate surface area is 116 Å². The van der Waals surface area contributed by atoms with Crippen molar-refractivity contribution in [3.05, 3.63) is 17.9 Å². The molecular formula is C13H24N2O3S. The number of hydrogen-bond donors (Lipinski definition) is 1. The van der Waals surface area contributed by atoms with E-state index in [0.29, 0.717) is 12.3 Å². The van der Waals surface area contributed by atoms with Gasteiger partial charge < -0.3 is 9.73 Å². The zero-order valence-electron chi connectivity index (χ0n) is 12.4. The summed E-state index contributed by atoms with van der Waals surface area (Å²) in [5, 5.41) is 3.10. The first-order valence-corrected chi connectivity index (χ1v) is 7.98. The summed E-state index contributed by atoms with van der Waals surface area (Å²) in [6, 6.07) is 3.21. The lowest BCUT2D eigenvalue weighted by Gasteiger charge is -2.32. The highest BCUT2D eigenvalue weighted by atomic mass is 32.2. The van der Waals surface area contributed by atoms with E-state index in [2.05, 4.69) is 5.32 Å². The van der Waals surface area contributed by atoms with Gasteiger partial charge in [-0.1, -0.05) is 13.8 Å². The summed E-state index contributed by atoms with van der Waals surface area (Å²) in [6.07, 6.45) is 0.730. The van der Waals surface area contributed by atoms with E-state index in [1.54, 1.807) is 13.1 Å². The molecule has 0 aliphatic rings. The Bertz CT molecular complexity index is 506. The minimum atomic E-state index is -3.57. The van der Waals surface area contributed by atoms with Gasteiger partial charge in [0.05, 0.1) is 6.54 Å². The van der Waals surface area contributed by atoms with Gasteiger partial charge in [-0.2, -0.15) is 4.31 Å². The molecule has 0 fully saturated rings. The van der Waals surface area contributed by atoms with Gasteiger partial charge in [-0.3, -0.25) is 0 Å². The van der Waals surface area contributed by atoms with Crippen LogP contribution in [0.4, 0.5) is 0 Å². The molecule has 5 nitrogen and oxygen atoms in total. The number of nitrogens with zero attached hydrogens (tertiary/aromatic N) is 1. The SMILES string of the molecule is CCNCc1ccc(S(=O)(=O)N(C)C(C)(C)CC)o1. The van der Waals surface area contributed by atoms with Gasteiger partial charge in [-0.05, 0) is 38.9 Å². The minimum absolute atomic E-state index is 0.00410. The molecule has 0 atom stereocenters. The Kier molecular flexibility index (Phi) is 5.18. The minimum Gasteiger partial charge on any atom is -0.447 e. The second-order valence-corrected chi connectivity index (χ2v) is 7.04. The first-order valence-electron chi connectivity index (χ1n) is 6.54. The molecule has 1 heterocycles. The normalized spacial score (nSPS) is 13.2. The third-order valence-corrected chi connectivity index (χ3v) is 5.46. The van der Waals surface area contributed by atoms with Crippen LogP contribution in [-0.2, 0) is 16.6 Å². The smallest absolute Gasteiger partial charge is 0.276 e. The van der Waals surface area contributed by atoms with Crippen molar-refractivity contribution in [1.82, 2.24) is 9.62 Å². The number of rotatable bonds is 7. The Morgan fingerprint density at radius 1 is 1.32 bits per heavy atom. The quantitative estimate of drug-likeness (QED) is 0.835. The van der Waals surface area contributed by atoms with Gasteiger partial charge >= 0.3 is 0 Å². The maximum atomic E-state index is 12.4. The average molecular weight is 288 g/mol. The van der Waals surface area contributed by atoms with Gasteiger partial charge in [0.15, 0.2) is 0 Å². The molecule has 0 aliphatic heterocycles. The number of nitrogens with one attached hydrogen (secondary N) is 1. The van der Waals surface area contributed by atoms with Gasteiger partial charge in [0.25, 0.3) is 10.0 Å². The highest BCUT2D eigenvalue weighted by molar-refractivity contribution is 7.89. The molecular weight excluding hydrogens is 264 g/mol. The Balaban J connectivity index is 2.97. The van der Waals surface area contributed by atoms with E-state index in [1.807, 2.05) is 27.7 Å². The molecule has 0 radical (unpaired) electrons. The second-order valence-electron chi connectivity index (χ2n) is 5.14. The fourth-order valence-corrected chi connectivity index (χ4v) is 3.03. The summed E-state index contributed by atoms with van der Waals surface area (Å²) in [6.45, 7) is 9.08. The lowest BCUT2D eigenvalue weighted by Crippen LogP contribution is -2.44. The predicted octanol–water partition coefficient (Wildman–Crippen LogP) is 2.20. The van der Waals surface area contributed by atoms with E-state index in [9.17, 15) is 8.42 Å². The topological polar surface area (TPSA) is 62.6 Å². The Morgan fingerprint density at radius 3 is 2.47 bits per heavy atom. The highest BCUT2D eigenvalue weighted by Gasteiger charge is 2.34. The molecule has 0 aromatic carbocycles. The molecule has 0 aliphatic carbocycles. The van der Waals surface area contributed by atoms with Gasteiger partial charge in [0.2, 0.25) is 5.09 Å². The molecule has 1 aromatic heterocycles. The van der Waals surface area contributed by atoms with E-state index in [-0.39, 0.29) is 5.09 Å². The van der Waals surface area contributed by atoms with Crippen molar-refractivity contribution in [2.75, 3.05) is 13.6 Å². The van der Waals surface area contributed by atoms with Gasteiger partial charge in [-0.15, -0.1) is 0 Å². The number of hydrogen-bond acceptors (Lipinski definition) is 4. The first-order chi connectivity index (χ1) is 8.75. The lowest BCUT2D eigenvalue weighted by atomic mass is 10.0. The lowest BCUT2D eigenvalue weighted by molar-refractivity contribution is 0.249. The Morgan fingerprint density at radius 2 is 1.95 bits per heavy atom. The number of sulfonamides is 1. The van der Waals surface area contributed by atoms with Gasteiger partial charge in [0.1, 0.15) is 5.76 Å². The van der Waals surface area contributed by atoms with Crippen LogP contribution in [0.3, 0.4) is 0 Å². The van der Waals surface area contributed by atoms with Crippen molar-refractivity contribution in [3.63, 3.8) is 0 Å². The van der Waals surface area contributed by atoms with E-state index >= 15 is 0 Å². The molecule has 1 rings (SSSR count). The monoisotopic (exact) mass is 288 g/mol. The maximum absolute atomic E-state index is 12.4. The summed E-state index contributed by atoms with van der Waals surface area (Å²) in [4.78, 5) is 0. The fraction of sp³-hybridized carbons (Fsp3) is 0.692. The molecule has 19 heavy (non-hydrogen) atoms. The molecule has 0 unspecified atom stereocenters. The highest BCUT2D eigenvalue weighted by Crippen LogP contribution is 2.26. The van der Waals surface area contributed by atoms with Crippen molar-refractivity contribution in [2.45, 2.75) is 51.3 Å². The van der Waals surface area contributed by atoms with Crippen LogP contribution in [0.25, 0.3) is 0 Å². The first kappa shape index (κ1) is 16.2. The van der Waals surface area contributed by atoms with Crippen LogP contribution >= 0.6 is 0 Å². The van der Waals surface area contributed by atoms with Crippen LogP contribution < -0.4 is 5.32 Å². The molecule has 1 N–H and O–H groups in total. The summed E-state index contributed by atoms with van der Waals surface area (Å²) < 4.78 is 31.7. The molecule has 0 bridgehead atoms. The summed E-state index contributed by atoms with van der Waals surface area (Å²) in [5.41, 5.74) is -0.437. The van der Waals surface area contributed by atoms with E-state index in [0.717, 1.165) is 13.0 Å². The third-order valence-electron chi connectivity index (χ3n) is 3.52. The molecule has 0 spiro atoms. The molecule has 1 aromatic rings. The van der Waals surface area contributed by atoms with E-state index in [4.69, 9.17) is 4.42 Å². The van der Waals surface area contributed by atoms with Crippen molar-refractivity contribution < 1.29 is 12.8 Å². The van der Waals surface area contributed by atoms with Crippen LogP contribution in [0.2, 0.25) is 0 Å². The average Bonchev–Trinajstić information content (AvgIpc) is 2.84. The summed E-state index contributed by atoms with van der Waals surface area (Å²) >= 11 is 0. The summed E-state index contributed by atoms with van der Waals surface area (Å²) in [7, 11) is -1.99. The van der Waals surface area contributed by atoms with E-state index < -0.39 is 15.6 Å². The molecule has 0 saturated heterocycles. The largest absolute Gasteiger partial charge is 0.447 e. The Hall–Kier alpha value is -0.850. The van der Waals surface area contributed by atoms with E-state index in [1.165, 1.54) is 10.4 Å². The van der Waals surface area contributed by atoms with Crippen LogP contribution in [0.1, 0.15) is 39.9 Å². The molecule has 0 amide bonds. The van der Waals surface area contributed by atoms with Crippen molar-refractivity contribution >= 4 is 10.0 Å². The standard InChI is InChI=1S/C13H24N2O3S/c1-6-13(3,4)15(5)19(16,17)12-9-8-11(18-12)10-14-7-2/h8-9,14H,6-7,10H2,1-5H3. The van der Waals surface area contributed by atoms with Crippen molar-refractivity contribution in [2.24, 2.45) is 0 Å². The zero-order valence-corrected chi connectivity index (χ0v) is 13.2. The van der Waals surface area contributed by atoms with Crippen molar-refractivity contribution in [3.8, 4) is 0 Å². The van der Waals surface area contributed by atoms with Gasteiger partial charge in [0, 0.05) is 12.6 Å². The zero-order chi connectivity index (χ0) is 14.7. The van der Waals surface area contributed by atoms with Gasteiger partial charge in [-0.25, -0.2) is 8.42 Å². The van der Waals surface area contributed by atoms with Crippen LogP contribution in [0, 0.1) is 0 Å². The fourth-order valence-electron chi connectivity index (χ4n) is 1.52. The predicted molar refractivity (Wildman–Crippen MR) is 75.4 cm³/mol. The maximum Gasteiger partial charge on any atom is 0.276 e. The van der Waals surface area contributed by atoms with Crippen LogP contribution in [-0.4, -0.2) is 31.9 Å². The summed E-state index contributed by atoms with van der Waals surface area (Å²) in [5.74, 6) is 0.628. The molecule has 6 heteroatoms. The van der Waals surface area contributed by atoms with Crippen LogP contribution in [0.5, 0.6) is 0 Å². The molecule has 110 valence electrons. The third kappa shape index (κ3) is 3.58. The second kappa shape index (κ2) is 6.07. The number of furan rings is 1. The van der Waals surface area contributed by atoms with Crippen LogP contribution in [0.15, 0.2) is 21.6 Å².